The Bertz CT molecular complexity index is 403. The molecule has 3 fully saturated rings. The Labute approximate surface area is 132 Å². The molecule has 2 bridgehead atoms. The van der Waals surface area contributed by atoms with Gasteiger partial charge in [-0.15, -0.1) is 0 Å². The van der Waals surface area contributed by atoms with Gasteiger partial charge < -0.3 is 14.6 Å². The monoisotopic (exact) mass is 312 g/mol. The third kappa shape index (κ3) is 4.22. The molecule has 126 valence electrons. The molecule has 5 unspecified atom stereocenters. The number of esters is 2. The molecule has 5 nitrogen and oxygen atoms in total. The van der Waals surface area contributed by atoms with E-state index in [9.17, 15) is 14.7 Å². The number of hydrogen-bond donors (Lipinski definition) is 1. The fourth-order valence-electron chi connectivity index (χ4n) is 3.65. The number of fused-ring (bicyclic) bond motifs is 2. The first kappa shape index (κ1) is 17.3. The van der Waals surface area contributed by atoms with Crippen molar-refractivity contribution in [3.8, 4) is 0 Å². The lowest BCUT2D eigenvalue weighted by Gasteiger charge is -2.25. The zero-order valence-electron chi connectivity index (χ0n) is 13.8. The second-order valence-corrected chi connectivity index (χ2v) is 7.40. The minimum Gasteiger partial charge on any atom is -0.463 e. The van der Waals surface area contributed by atoms with E-state index < -0.39 is 24.1 Å². The standard InChI is InChI=1S/C13H18O5.C4H10/c14-11(9-6-7-1-2-8(9)5-7)13(16)18-10-3-4-17-12(10)15;1-4(2)3/h7-11,14H,1-6H2;4H,1-3H3. The maximum Gasteiger partial charge on any atom is 0.347 e. The van der Waals surface area contributed by atoms with Crippen molar-refractivity contribution >= 4 is 11.9 Å². The van der Waals surface area contributed by atoms with Crippen molar-refractivity contribution in [3.05, 3.63) is 0 Å². The lowest BCUT2D eigenvalue weighted by atomic mass is 9.85. The van der Waals surface area contributed by atoms with Gasteiger partial charge in [-0.05, 0) is 42.9 Å². The molecule has 0 aromatic heterocycles. The number of carbonyl (C=O) groups is 2. The van der Waals surface area contributed by atoms with E-state index in [4.69, 9.17) is 9.47 Å². The third-order valence-corrected chi connectivity index (χ3v) is 4.59. The first-order chi connectivity index (χ1) is 10.4. The number of rotatable bonds is 3. The summed E-state index contributed by atoms with van der Waals surface area (Å²) in [6, 6.07) is 0. The van der Waals surface area contributed by atoms with Crippen LogP contribution in [0, 0.1) is 23.7 Å². The van der Waals surface area contributed by atoms with E-state index in [0.717, 1.165) is 25.2 Å². The van der Waals surface area contributed by atoms with Gasteiger partial charge in [-0.2, -0.15) is 0 Å². The molecule has 0 radical (unpaired) electrons. The van der Waals surface area contributed by atoms with Gasteiger partial charge in [0.05, 0.1) is 6.61 Å². The molecule has 5 heteroatoms. The molecule has 0 spiro atoms. The van der Waals surface area contributed by atoms with Crippen LogP contribution in [0.5, 0.6) is 0 Å². The van der Waals surface area contributed by atoms with Crippen LogP contribution in [-0.4, -0.2) is 35.9 Å². The summed E-state index contributed by atoms with van der Waals surface area (Å²) in [5, 5.41) is 10.1. The highest BCUT2D eigenvalue weighted by molar-refractivity contribution is 5.82. The van der Waals surface area contributed by atoms with Gasteiger partial charge in [0.2, 0.25) is 6.10 Å². The molecule has 0 amide bonds. The fourth-order valence-corrected chi connectivity index (χ4v) is 3.65. The van der Waals surface area contributed by atoms with E-state index in [1.165, 1.54) is 6.42 Å². The number of ether oxygens (including phenoxy) is 2. The van der Waals surface area contributed by atoms with Crippen LogP contribution < -0.4 is 0 Å². The van der Waals surface area contributed by atoms with Gasteiger partial charge in [-0.1, -0.05) is 27.2 Å². The van der Waals surface area contributed by atoms with Gasteiger partial charge in [-0.25, -0.2) is 9.59 Å². The van der Waals surface area contributed by atoms with Crippen LogP contribution in [-0.2, 0) is 19.1 Å². The van der Waals surface area contributed by atoms with Gasteiger partial charge in [0.15, 0.2) is 6.10 Å². The highest BCUT2D eigenvalue weighted by Gasteiger charge is 2.46. The van der Waals surface area contributed by atoms with E-state index in [0.29, 0.717) is 24.9 Å². The first-order valence-corrected chi connectivity index (χ1v) is 8.43. The van der Waals surface area contributed by atoms with Gasteiger partial charge in [-0.3, -0.25) is 0 Å². The average Bonchev–Trinajstić information content (AvgIpc) is 3.15. The van der Waals surface area contributed by atoms with E-state index in [-0.39, 0.29) is 5.92 Å². The summed E-state index contributed by atoms with van der Waals surface area (Å²) in [6.07, 6.45) is 2.87. The van der Waals surface area contributed by atoms with Gasteiger partial charge >= 0.3 is 11.9 Å². The fraction of sp³-hybridized carbons (Fsp3) is 0.882. The number of aliphatic hydroxyl groups excluding tert-OH is 1. The summed E-state index contributed by atoms with van der Waals surface area (Å²) in [5.74, 6) is 0.820. The van der Waals surface area contributed by atoms with E-state index >= 15 is 0 Å². The third-order valence-electron chi connectivity index (χ3n) is 4.59. The number of carbonyl (C=O) groups excluding carboxylic acids is 2. The summed E-state index contributed by atoms with van der Waals surface area (Å²) in [5.41, 5.74) is 0. The summed E-state index contributed by atoms with van der Waals surface area (Å²) in [7, 11) is 0. The molecule has 22 heavy (non-hydrogen) atoms. The van der Waals surface area contributed by atoms with Crippen molar-refractivity contribution in [2.24, 2.45) is 23.7 Å². The van der Waals surface area contributed by atoms with Crippen LogP contribution in [0.25, 0.3) is 0 Å². The summed E-state index contributed by atoms with van der Waals surface area (Å²) in [6.45, 7) is 6.79. The second-order valence-electron chi connectivity index (χ2n) is 7.40. The Kier molecular flexibility index (Phi) is 5.84. The molecule has 3 rings (SSSR count). The van der Waals surface area contributed by atoms with E-state index in [1.807, 2.05) is 0 Å². The molecular weight excluding hydrogens is 284 g/mol. The first-order valence-electron chi connectivity index (χ1n) is 8.43. The van der Waals surface area contributed by atoms with Gasteiger partial charge in [0, 0.05) is 6.42 Å². The zero-order chi connectivity index (χ0) is 16.3. The van der Waals surface area contributed by atoms with Crippen molar-refractivity contribution in [3.63, 3.8) is 0 Å². The molecule has 5 atom stereocenters. The summed E-state index contributed by atoms with van der Waals surface area (Å²) >= 11 is 0. The molecule has 1 aliphatic heterocycles. The molecule has 2 saturated carbocycles. The Morgan fingerprint density at radius 2 is 1.91 bits per heavy atom. The van der Waals surface area contributed by atoms with Crippen molar-refractivity contribution in [2.75, 3.05) is 6.61 Å². The van der Waals surface area contributed by atoms with Crippen LogP contribution in [0.3, 0.4) is 0 Å². The van der Waals surface area contributed by atoms with Crippen LogP contribution in [0.1, 0.15) is 52.9 Å². The smallest absolute Gasteiger partial charge is 0.347 e. The maximum atomic E-state index is 11.8. The highest BCUT2D eigenvalue weighted by Crippen LogP contribution is 2.49. The van der Waals surface area contributed by atoms with Crippen molar-refractivity contribution in [1.82, 2.24) is 0 Å². The summed E-state index contributed by atoms with van der Waals surface area (Å²) in [4.78, 5) is 23.0. The van der Waals surface area contributed by atoms with Crippen molar-refractivity contribution in [1.29, 1.82) is 0 Å². The van der Waals surface area contributed by atoms with Crippen LogP contribution in [0.2, 0.25) is 0 Å². The van der Waals surface area contributed by atoms with Gasteiger partial charge in [0.1, 0.15) is 0 Å². The van der Waals surface area contributed by atoms with Crippen LogP contribution in [0.15, 0.2) is 0 Å². The summed E-state index contributed by atoms with van der Waals surface area (Å²) < 4.78 is 9.77. The van der Waals surface area contributed by atoms with Crippen molar-refractivity contribution in [2.45, 2.75) is 65.1 Å². The Morgan fingerprint density at radius 1 is 1.23 bits per heavy atom. The largest absolute Gasteiger partial charge is 0.463 e. The molecule has 1 N–H and O–H groups in total. The quantitative estimate of drug-likeness (QED) is 0.810. The molecular formula is C17H28O5. The lowest BCUT2D eigenvalue weighted by molar-refractivity contribution is -0.169. The molecule has 2 aliphatic carbocycles. The number of aliphatic hydroxyl groups is 1. The highest BCUT2D eigenvalue weighted by atomic mass is 16.6. The minimum atomic E-state index is -1.08. The number of hydrogen-bond acceptors (Lipinski definition) is 5. The lowest BCUT2D eigenvalue weighted by Crippen LogP contribution is -2.37. The number of cyclic esters (lactones) is 1. The second kappa shape index (κ2) is 7.44. The van der Waals surface area contributed by atoms with E-state index in [2.05, 4.69) is 20.8 Å². The van der Waals surface area contributed by atoms with Crippen molar-refractivity contribution < 1.29 is 24.2 Å². The maximum absolute atomic E-state index is 11.8. The Morgan fingerprint density at radius 3 is 2.36 bits per heavy atom. The predicted octanol–water partition coefficient (Wildman–Crippen LogP) is 2.30. The van der Waals surface area contributed by atoms with E-state index in [1.54, 1.807) is 0 Å². The van der Waals surface area contributed by atoms with Crippen LogP contribution in [0.4, 0.5) is 0 Å². The van der Waals surface area contributed by atoms with Gasteiger partial charge in [0.25, 0.3) is 0 Å². The SMILES string of the molecule is CC(C)C.O=C1OCCC1OC(=O)C(O)C1CC2CCC1C2. The Hall–Kier alpha value is -1.10. The molecule has 3 aliphatic rings. The molecule has 1 heterocycles. The molecule has 1 saturated heterocycles. The van der Waals surface area contributed by atoms with Crippen LogP contribution >= 0.6 is 0 Å². The predicted molar refractivity (Wildman–Crippen MR) is 80.9 cm³/mol. The normalized spacial score (nSPS) is 34.1. The molecule has 0 aromatic rings. The zero-order valence-corrected chi connectivity index (χ0v) is 13.8. The Balaban J connectivity index is 0.000000396. The average molecular weight is 312 g/mol. The molecule has 0 aromatic carbocycles. The minimum absolute atomic E-state index is 0.0219. The topological polar surface area (TPSA) is 72.8 Å².